The largest absolute Gasteiger partial charge is 0.485 e. The first-order valence-corrected chi connectivity index (χ1v) is 11.4. The molecule has 0 spiro atoms. The predicted molar refractivity (Wildman–Crippen MR) is 130 cm³/mol. The number of carbonyl (C=O) groups is 3. The van der Waals surface area contributed by atoms with Gasteiger partial charge < -0.3 is 18.8 Å². The number of benzene rings is 2. The molecule has 0 aliphatic carbocycles. The molecule has 8 heteroatoms. The first-order chi connectivity index (χ1) is 16.8. The molecule has 0 saturated heterocycles. The molecule has 8 nitrogen and oxygen atoms in total. The summed E-state index contributed by atoms with van der Waals surface area (Å²) in [6, 6.07) is 13.9. The zero-order valence-electron chi connectivity index (χ0n) is 20.3. The molecule has 2 amide bonds. The van der Waals surface area contributed by atoms with E-state index in [1.165, 1.54) is 9.80 Å². The molecule has 1 aliphatic heterocycles. The Labute approximate surface area is 204 Å². The van der Waals surface area contributed by atoms with Gasteiger partial charge >= 0.3 is 0 Å². The number of carbonyl (C=O) groups excluding carboxylic acids is 3. The smallest absolute Gasteiger partial charge is 0.289 e. The van der Waals surface area contributed by atoms with E-state index in [1.54, 1.807) is 37.4 Å². The van der Waals surface area contributed by atoms with Crippen LogP contribution in [0, 0.1) is 13.8 Å². The summed E-state index contributed by atoms with van der Waals surface area (Å²) in [5.41, 5.74) is 3.09. The molecule has 4 rings (SSSR count). The molecule has 0 N–H and O–H groups in total. The Morgan fingerprint density at radius 3 is 2.60 bits per heavy atom. The van der Waals surface area contributed by atoms with Crippen molar-refractivity contribution >= 4 is 23.3 Å². The van der Waals surface area contributed by atoms with E-state index in [4.69, 9.17) is 13.9 Å². The Hall–Kier alpha value is -4.07. The monoisotopic (exact) mass is 476 g/mol. The molecule has 182 valence electrons. The molecule has 1 aliphatic rings. The van der Waals surface area contributed by atoms with Crippen LogP contribution in [0.1, 0.15) is 44.7 Å². The Kier molecular flexibility index (Phi) is 6.91. The molecule has 3 aromatic rings. The molecular weight excluding hydrogens is 448 g/mol. The van der Waals surface area contributed by atoms with E-state index in [9.17, 15) is 14.4 Å². The van der Waals surface area contributed by atoms with Gasteiger partial charge in [-0.05, 0) is 74.4 Å². The standard InChI is InChI=1S/C27H28N2O6/c1-5-28(4)27(32)25-11-9-21(35-25)14-29-22-13-19(7-10-24(22)34-16-26(29)31)23(30)15-33-20-8-6-17(2)18(3)12-20/h6-13H,5,14-16H2,1-4H3. The molecule has 35 heavy (non-hydrogen) atoms. The summed E-state index contributed by atoms with van der Waals surface area (Å²) in [7, 11) is 1.69. The highest BCUT2D eigenvalue weighted by molar-refractivity contribution is 6.02. The second-order valence-corrected chi connectivity index (χ2v) is 8.49. The number of ketones is 1. The first kappa shape index (κ1) is 24.1. The van der Waals surface area contributed by atoms with Gasteiger partial charge in [-0.3, -0.25) is 19.3 Å². The van der Waals surface area contributed by atoms with Gasteiger partial charge in [-0.15, -0.1) is 0 Å². The molecule has 1 aromatic heterocycles. The zero-order valence-corrected chi connectivity index (χ0v) is 20.3. The van der Waals surface area contributed by atoms with Crippen molar-refractivity contribution in [1.29, 1.82) is 0 Å². The summed E-state index contributed by atoms with van der Waals surface area (Å²) in [4.78, 5) is 40.9. The molecule has 0 unspecified atom stereocenters. The highest BCUT2D eigenvalue weighted by Crippen LogP contribution is 2.34. The maximum Gasteiger partial charge on any atom is 0.289 e. The van der Waals surface area contributed by atoms with Crippen molar-refractivity contribution in [1.82, 2.24) is 4.90 Å². The SMILES string of the molecule is CCN(C)C(=O)c1ccc(CN2C(=O)COc3ccc(C(=O)COc4ccc(C)c(C)c4)cc32)o1. The molecule has 0 atom stereocenters. The third-order valence-electron chi connectivity index (χ3n) is 6.08. The maximum absolute atomic E-state index is 12.8. The lowest BCUT2D eigenvalue weighted by atomic mass is 10.1. The van der Waals surface area contributed by atoms with E-state index in [-0.39, 0.29) is 43.1 Å². The van der Waals surface area contributed by atoms with Crippen LogP contribution in [0.25, 0.3) is 0 Å². The Morgan fingerprint density at radius 1 is 1.06 bits per heavy atom. The highest BCUT2D eigenvalue weighted by Gasteiger charge is 2.28. The molecule has 2 heterocycles. The molecule has 0 fully saturated rings. The Bertz CT molecular complexity index is 1280. The van der Waals surface area contributed by atoms with Crippen LogP contribution in [0.15, 0.2) is 52.9 Å². The topological polar surface area (TPSA) is 89.3 Å². The first-order valence-electron chi connectivity index (χ1n) is 11.4. The van der Waals surface area contributed by atoms with E-state index in [2.05, 4.69) is 0 Å². The maximum atomic E-state index is 12.8. The fourth-order valence-electron chi connectivity index (χ4n) is 3.65. The average Bonchev–Trinajstić information content (AvgIpc) is 3.33. The summed E-state index contributed by atoms with van der Waals surface area (Å²) in [6.45, 7) is 6.27. The van der Waals surface area contributed by atoms with Crippen molar-refractivity contribution < 1.29 is 28.3 Å². The van der Waals surface area contributed by atoms with Crippen LogP contribution in [-0.4, -0.2) is 49.3 Å². The molecule has 0 radical (unpaired) electrons. The minimum Gasteiger partial charge on any atom is -0.485 e. The highest BCUT2D eigenvalue weighted by atomic mass is 16.5. The van der Waals surface area contributed by atoms with Crippen LogP contribution >= 0.6 is 0 Å². The van der Waals surface area contributed by atoms with E-state index >= 15 is 0 Å². The van der Waals surface area contributed by atoms with Crippen molar-refractivity contribution in [2.45, 2.75) is 27.3 Å². The van der Waals surface area contributed by atoms with Gasteiger partial charge in [0, 0.05) is 19.2 Å². The van der Waals surface area contributed by atoms with Crippen molar-refractivity contribution in [3.63, 3.8) is 0 Å². The van der Waals surface area contributed by atoms with E-state index in [1.807, 2.05) is 39.0 Å². The Morgan fingerprint density at radius 2 is 1.86 bits per heavy atom. The Balaban J connectivity index is 1.51. The quantitative estimate of drug-likeness (QED) is 0.453. The minimum atomic E-state index is -0.275. The van der Waals surface area contributed by atoms with Crippen LogP contribution in [-0.2, 0) is 11.3 Å². The number of rotatable bonds is 8. The minimum absolute atomic E-state index is 0.106. The number of furan rings is 1. The number of hydrogen-bond acceptors (Lipinski definition) is 6. The van der Waals surface area contributed by atoms with Gasteiger partial charge in [-0.2, -0.15) is 0 Å². The molecule has 0 saturated carbocycles. The lowest BCUT2D eigenvalue weighted by molar-refractivity contribution is -0.121. The molecule has 0 bridgehead atoms. The van der Waals surface area contributed by atoms with Gasteiger partial charge in [0.05, 0.1) is 12.2 Å². The lowest BCUT2D eigenvalue weighted by Crippen LogP contribution is -2.38. The number of amides is 2. The number of aryl methyl sites for hydroxylation is 2. The number of fused-ring (bicyclic) bond motifs is 1. The average molecular weight is 477 g/mol. The van der Waals surface area contributed by atoms with Crippen LogP contribution in [0.3, 0.4) is 0 Å². The second-order valence-electron chi connectivity index (χ2n) is 8.49. The van der Waals surface area contributed by atoms with Crippen molar-refractivity contribution in [2.24, 2.45) is 0 Å². The fraction of sp³-hybridized carbons (Fsp3) is 0.296. The number of anilines is 1. The predicted octanol–water partition coefficient (Wildman–Crippen LogP) is 4.18. The summed E-state index contributed by atoms with van der Waals surface area (Å²) >= 11 is 0. The number of Topliss-reactive ketones (excluding diaryl/α,β-unsaturated/α-hetero) is 1. The van der Waals surface area contributed by atoms with Gasteiger partial charge in [0.1, 0.15) is 17.3 Å². The van der Waals surface area contributed by atoms with Crippen molar-refractivity contribution in [3.8, 4) is 11.5 Å². The number of hydrogen-bond donors (Lipinski definition) is 0. The summed E-state index contributed by atoms with van der Waals surface area (Å²) in [5, 5.41) is 0. The van der Waals surface area contributed by atoms with E-state index in [0.717, 1.165) is 11.1 Å². The zero-order chi connectivity index (χ0) is 25.1. The van der Waals surface area contributed by atoms with Crippen LogP contribution < -0.4 is 14.4 Å². The summed E-state index contributed by atoms with van der Waals surface area (Å²) < 4.78 is 16.9. The van der Waals surface area contributed by atoms with Gasteiger partial charge in [0.15, 0.2) is 24.8 Å². The lowest BCUT2D eigenvalue weighted by Gasteiger charge is -2.29. The van der Waals surface area contributed by atoms with Crippen molar-refractivity contribution in [3.05, 3.63) is 76.7 Å². The molecular formula is C27H28N2O6. The van der Waals surface area contributed by atoms with Crippen LogP contribution in [0.2, 0.25) is 0 Å². The van der Waals surface area contributed by atoms with E-state index in [0.29, 0.717) is 35.1 Å². The van der Waals surface area contributed by atoms with Gasteiger partial charge in [-0.25, -0.2) is 0 Å². The van der Waals surface area contributed by atoms with Gasteiger partial charge in [0.25, 0.3) is 11.8 Å². The fourth-order valence-corrected chi connectivity index (χ4v) is 3.65. The van der Waals surface area contributed by atoms with E-state index < -0.39 is 0 Å². The van der Waals surface area contributed by atoms with Gasteiger partial charge in [-0.1, -0.05) is 6.07 Å². The van der Waals surface area contributed by atoms with Crippen molar-refractivity contribution in [2.75, 3.05) is 31.7 Å². The molecule has 2 aromatic carbocycles. The van der Waals surface area contributed by atoms with Crippen LogP contribution in [0.4, 0.5) is 5.69 Å². The van der Waals surface area contributed by atoms with Gasteiger partial charge in [0.2, 0.25) is 0 Å². The summed E-state index contributed by atoms with van der Waals surface area (Å²) in [6.07, 6.45) is 0. The summed E-state index contributed by atoms with van der Waals surface area (Å²) in [5.74, 6) is 1.04. The van der Waals surface area contributed by atoms with Crippen LogP contribution in [0.5, 0.6) is 11.5 Å². The third-order valence-corrected chi connectivity index (χ3v) is 6.08. The second kappa shape index (κ2) is 10.0. The third kappa shape index (κ3) is 5.21. The number of nitrogens with zero attached hydrogens (tertiary/aromatic N) is 2. The number of ether oxygens (including phenoxy) is 2. The normalized spacial score (nSPS) is 12.7.